The third kappa shape index (κ3) is 2.48. The molecule has 13 heavy (non-hydrogen) atoms. The molecule has 1 aromatic rings. The van der Waals surface area contributed by atoms with Gasteiger partial charge in [0, 0.05) is 18.3 Å². The molecule has 1 unspecified atom stereocenters. The van der Waals surface area contributed by atoms with Crippen molar-refractivity contribution >= 4 is 5.97 Å². The molecular formula is C8H10N2O3. The van der Waals surface area contributed by atoms with Crippen molar-refractivity contribution in [1.82, 2.24) is 9.97 Å². The Balaban J connectivity index is 2.75. The van der Waals surface area contributed by atoms with Gasteiger partial charge in [0.05, 0.1) is 0 Å². The van der Waals surface area contributed by atoms with Crippen LogP contribution in [0.1, 0.15) is 12.6 Å². The summed E-state index contributed by atoms with van der Waals surface area (Å²) in [6.45, 7) is 1.23. The van der Waals surface area contributed by atoms with Crippen LogP contribution in [0, 0.1) is 0 Å². The fraction of sp³-hybridized carbons (Fsp3) is 0.375. The molecule has 0 bridgehead atoms. The van der Waals surface area contributed by atoms with Crippen LogP contribution in [-0.4, -0.2) is 31.8 Å². The summed E-state index contributed by atoms with van der Waals surface area (Å²) in [6, 6.07) is 1.57. The highest BCUT2D eigenvalue weighted by Crippen LogP contribution is 2.10. The van der Waals surface area contributed by atoms with E-state index in [-0.39, 0.29) is 6.42 Å². The normalized spacial score (nSPS) is 14.9. The fourth-order valence-electron chi connectivity index (χ4n) is 0.851. The van der Waals surface area contributed by atoms with Crippen molar-refractivity contribution in [2.75, 3.05) is 0 Å². The van der Waals surface area contributed by atoms with E-state index in [4.69, 9.17) is 5.11 Å². The average Bonchev–Trinajstić information content (AvgIpc) is 2.05. The highest BCUT2D eigenvalue weighted by Gasteiger charge is 2.30. The highest BCUT2D eigenvalue weighted by molar-refractivity contribution is 5.76. The molecule has 0 saturated heterocycles. The highest BCUT2D eigenvalue weighted by atomic mass is 16.4. The summed E-state index contributed by atoms with van der Waals surface area (Å²) in [7, 11) is 0. The third-order valence-electron chi connectivity index (χ3n) is 1.63. The van der Waals surface area contributed by atoms with Crippen LogP contribution in [0.3, 0.4) is 0 Å². The maximum atomic E-state index is 10.5. The van der Waals surface area contributed by atoms with Crippen LogP contribution < -0.4 is 0 Å². The molecule has 1 heterocycles. The Labute approximate surface area is 75.1 Å². The Morgan fingerprint density at radius 2 is 2.38 bits per heavy atom. The molecular weight excluding hydrogens is 172 g/mol. The van der Waals surface area contributed by atoms with Gasteiger partial charge in [0.1, 0.15) is 6.33 Å². The Kier molecular flexibility index (Phi) is 2.57. The van der Waals surface area contributed by atoms with E-state index in [0.717, 1.165) is 0 Å². The van der Waals surface area contributed by atoms with Crippen LogP contribution in [-0.2, 0) is 11.2 Å². The van der Waals surface area contributed by atoms with E-state index in [2.05, 4.69) is 9.97 Å². The van der Waals surface area contributed by atoms with Gasteiger partial charge in [0.25, 0.3) is 0 Å². The van der Waals surface area contributed by atoms with Crippen molar-refractivity contribution in [2.24, 2.45) is 0 Å². The molecule has 0 radical (unpaired) electrons. The van der Waals surface area contributed by atoms with Gasteiger partial charge in [0.2, 0.25) is 0 Å². The largest absolute Gasteiger partial charge is 0.479 e. The number of carboxylic acid groups (broad SMARTS) is 1. The fourth-order valence-corrected chi connectivity index (χ4v) is 0.851. The van der Waals surface area contributed by atoms with Gasteiger partial charge in [0.15, 0.2) is 5.60 Å². The van der Waals surface area contributed by atoms with Gasteiger partial charge in [-0.05, 0) is 13.0 Å². The molecule has 0 aromatic carbocycles. The number of rotatable bonds is 3. The van der Waals surface area contributed by atoms with Crippen LogP contribution in [0.5, 0.6) is 0 Å². The van der Waals surface area contributed by atoms with Gasteiger partial charge in [-0.25, -0.2) is 14.8 Å². The van der Waals surface area contributed by atoms with Gasteiger partial charge < -0.3 is 10.2 Å². The molecule has 0 fully saturated rings. The standard InChI is InChI=1S/C8H10N2O3/c1-8(13,7(11)12)4-6-2-3-9-5-10-6/h2-3,5,13H,4H2,1H3,(H,11,12). The van der Waals surface area contributed by atoms with Crippen molar-refractivity contribution in [3.63, 3.8) is 0 Å². The van der Waals surface area contributed by atoms with E-state index >= 15 is 0 Å². The van der Waals surface area contributed by atoms with E-state index in [1.165, 1.54) is 19.4 Å². The Hall–Kier alpha value is -1.49. The third-order valence-corrected chi connectivity index (χ3v) is 1.63. The summed E-state index contributed by atoms with van der Waals surface area (Å²) in [6.07, 6.45) is 2.79. The Bertz CT molecular complexity index is 298. The molecule has 0 amide bonds. The van der Waals surface area contributed by atoms with E-state index in [1.807, 2.05) is 0 Å². The summed E-state index contributed by atoms with van der Waals surface area (Å²) >= 11 is 0. The van der Waals surface area contributed by atoms with Crippen molar-refractivity contribution in [3.8, 4) is 0 Å². The lowest BCUT2D eigenvalue weighted by Crippen LogP contribution is -2.37. The minimum atomic E-state index is -1.77. The first kappa shape index (κ1) is 9.60. The summed E-state index contributed by atoms with van der Waals surface area (Å²) in [4.78, 5) is 18.0. The SMILES string of the molecule is CC(O)(Cc1ccncn1)C(=O)O. The second-order valence-electron chi connectivity index (χ2n) is 2.96. The molecule has 5 heteroatoms. The lowest BCUT2D eigenvalue weighted by atomic mass is 10.0. The smallest absolute Gasteiger partial charge is 0.335 e. The molecule has 70 valence electrons. The minimum Gasteiger partial charge on any atom is -0.479 e. The number of carbonyl (C=O) groups is 1. The van der Waals surface area contributed by atoms with E-state index in [0.29, 0.717) is 5.69 Å². The number of carboxylic acids is 1. The molecule has 1 atom stereocenters. The number of aliphatic carboxylic acids is 1. The van der Waals surface area contributed by atoms with Gasteiger partial charge in [-0.15, -0.1) is 0 Å². The summed E-state index contributed by atoms with van der Waals surface area (Å²) in [5.74, 6) is -1.26. The Morgan fingerprint density at radius 1 is 1.69 bits per heavy atom. The van der Waals surface area contributed by atoms with Crippen LogP contribution in [0.15, 0.2) is 18.6 Å². The van der Waals surface area contributed by atoms with E-state index < -0.39 is 11.6 Å². The number of hydrogen-bond donors (Lipinski definition) is 2. The summed E-state index contributed by atoms with van der Waals surface area (Å²) in [5, 5.41) is 18.0. The van der Waals surface area contributed by atoms with Gasteiger partial charge in [-0.1, -0.05) is 0 Å². The first-order chi connectivity index (χ1) is 6.02. The van der Waals surface area contributed by atoms with Crippen molar-refractivity contribution < 1.29 is 15.0 Å². The van der Waals surface area contributed by atoms with Crippen LogP contribution in [0.25, 0.3) is 0 Å². The minimum absolute atomic E-state index is 0.0230. The predicted octanol–water partition coefficient (Wildman–Crippen LogP) is -0.145. The number of aliphatic hydroxyl groups is 1. The van der Waals surface area contributed by atoms with Gasteiger partial charge in [-0.3, -0.25) is 0 Å². The maximum absolute atomic E-state index is 10.5. The number of aromatic nitrogens is 2. The monoisotopic (exact) mass is 182 g/mol. The summed E-state index contributed by atoms with van der Waals surface area (Å²) < 4.78 is 0. The second kappa shape index (κ2) is 3.49. The first-order valence-corrected chi connectivity index (χ1v) is 3.73. The maximum Gasteiger partial charge on any atom is 0.335 e. The zero-order chi connectivity index (χ0) is 9.90. The molecule has 2 N–H and O–H groups in total. The van der Waals surface area contributed by atoms with Crippen LogP contribution >= 0.6 is 0 Å². The molecule has 5 nitrogen and oxygen atoms in total. The quantitative estimate of drug-likeness (QED) is 0.679. The van der Waals surface area contributed by atoms with Gasteiger partial charge >= 0.3 is 5.97 Å². The average molecular weight is 182 g/mol. The molecule has 1 aromatic heterocycles. The number of hydrogen-bond acceptors (Lipinski definition) is 4. The van der Waals surface area contributed by atoms with Gasteiger partial charge in [-0.2, -0.15) is 0 Å². The zero-order valence-corrected chi connectivity index (χ0v) is 7.14. The van der Waals surface area contributed by atoms with E-state index in [9.17, 15) is 9.90 Å². The molecule has 0 saturated carbocycles. The van der Waals surface area contributed by atoms with Crippen LogP contribution in [0.4, 0.5) is 0 Å². The van der Waals surface area contributed by atoms with Crippen molar-refractivity contribution in [1.29, 1.82) is 0 Å². The second-order valence-corrected chi connectivity index (χ2v) is 2.96. The molecule has 0 aliphatic heterocycles. The molecule has 0 spiro atoms. The lowest BCUT2D eigenvalue weighted by Gasteiger charge is -2.16. The molecule has 0 aliphatic carbocycles. The van der Waals surface area contributed by atoms with Crippen molar-refractivity contribution in [3.05, 3.63) is 24.3 Å². The molecule has 1 rings (SSSR count). The Morgan fingerprint density at radius 3 is 2.85 bits per heavy atom. The lowest BCUT2D eigenvalue weighted by molar-refractivity contribution is -0.156. The van der Waals surface area contributed by atoms with Crippen LogP contribution in [0.2, 0.25) is 0 Å². The first-order valence-electron chi connectivity index (χ1n) is 3.73. The molecule has 0 aliphatic rings. The summed E-state index contributed by atoms with van der Waals surface area (Å²) in [5.41, 5.74) is -1.27. The predicted molar refractivity (Wildman–Crippen MR) is 44.0 cm³/mol. The topological polar surface area (TPSA) is 83.3 Å². The van der Waals surface area contributed by atoms with Crippen molar-refractivity contribution in [2.45, 2.75) is 18.9 Å². The zero-order valence-electron chi connectivity index (χ0n) is 7.14. The number of nitrogens with zero attached hydrogens (tertiary/aromatic N) is 2. The van der Waals surface area contributed by atoms with E-state index in [1.54, 1.807) is 6.07 Å².